The molecule has 1 aliphatic heterocycles. The fourth-order valence-corrected chi connectivity index (χ4v) is 2.29. The average Bonchev–Trinajstić information content (AvgIpc) is 2.77. The van der Waals surface area contributed by atoms with Gasteiger partial charge in [-0.15, -0.1) is 0 Å². The van der Waals surface area contributed by atoms with Crippen molar-refractivity contribution < 1.29 is 24.2 Å². The Morgan fingerprint density at radius 2 is 2.09 bits per heavy atom. The standard InChI is InChI=1S/C14H19N3O6/c1-14(2,3)23-13(21)16-7-6-15-10-9(18)5-8(12(20)22-4)17(10)11(7)19/h6,8-9,18H,5H2,1-4H3,(H,16,21)/t8-,9-/m0/s1. The molecule has 0 fully saturated rings. The van der Waals surface area contributed by atoms with Crippen LogP contribution in [-0.2, 0) is 14.3 Å². The predicted molar refractivity (Wildman–Crippen MR) is 79.0 cm³/mol. The quantitative estimate of drug-likeness (QED) is 0.769. The lowest BCUT2D eigenvalue weighted by molar-refractivity contribution is -0.144. The van der Waals surface area contributed by atoms with E-state index >= 15 is 0 Å². The third-order valence-electron chi connectivity index (χ3n) is 3.19. The lowest BCUT2D eigenvalue weighted by Gasteiger charge is -2.19. The van der Waals surface area contributed by atoms with Gasteiger partial charge in [0.15, 0.2) is 0 Å². The SMILES string of the molecule is COC(=O)[C@@H]1C[C@H](O)c2ncc(NC(=O)OC(C)(C)C)c(=O)n21. The summed E-state index contributed by atoms with van der Waals surface area (Å²) in [5.74, 6) is -0.610. The van der Waals surface area contributed by atoms with Crippen molar-refractivity contribution in [3.05, 3.63) is 22.4 Å². The van der Waals surface area contributed by atoms with Gasteiger partial charge in [0, 0.05) is 6.42 Å². The van der Waals surface area contributed by atoms with Crippen LogP contribution in [0.1, 0.15) is 45.2 Å². The average molecular weight is 325 g/mol. The molecule has 2 rings (SSSR count). The van der Waals surface area contributed by atoms with Crippen LogP contribution in [0.4, 0.5) is 10.5 Å². The van der Waals surface area contributed by atoms with E-state index in [2.05, 4.69) is 15.0 Å². The summed E-state index contributed by atoms with van der Waals surface area (Å²) in [6.07, 6.45) is -0.751. The lowest BCUT2D eigenvalue weighted by atomic mass is 10.2. The lowest BCUT2D eigenvalue weighted by Crippen LogP contribution is -2.33. The Hall–Kier alpha value is -2.42. The zero-order valence-corrected chi connectivity index (χ0v) is 13.3. The molecule has 9 nitrogen and oxygen atoms in total. The molecule has 9 heteroatoms. The van der Waals surface area contributed by atoms with Gasteiger partial charge in [0.25, 0.3) is 5.56 Å². The molecule has 2 N–H and O–H groups in total. The molecule has 0 saturated heterocycles. The Morgan fingerprint density at radius 3 is 2.65 bits per heavy atom. The number of ether oxygens (including phenoxy) is 2. The van der Waals surface area contributed by atoms with E-state index in [1.807, 2.05) is 0 Å². The monoisotopic (exact) mass is 325 g/mol. The van der Waals surface area contributed by atoms with Gasteiger partial charge < -0.3 is 14.6 Å². The minimum Gasteiger partial charge on any atom is -0.467 e. The number of nitrogens with zero attached hydrogens (tertiary/aromatic N) is 2. The molecule has 2 heterocycles. The molecule has 126 valence electrons. The van der Waals surface area contributed by atoms with Crippen LogP contribution in [0, 0.1) is 0 Å². The molecule has 0 aliphatic carbocycles. The molecule has 0 spiro atoms. The Labute approximate surface area is 132 Å². The highest BCUT2D eigenvalue weighted by Crippen LogP contribution is 2.32. The van der Waals surface area contributed by atoms with Crippen molar-refractivity contribution in [1.82, 2.24) is 9.55 Å². The third-order valence-corrected chi connectivity index (χ3v) is 3.19. The topological polar surface area (TPSA) is 120 Å². The number of aliphatic hydroxyl groups is 1. The zero-order valence-electron chi connectivity index (χ0n) is 13.3. The Bertz CT molecular complexity index is 691. The smallest absolute Gasteiger partial charge is 0.412 e. The Balaban J connectivity index is 2.34. The molecule has 0 bridgehead atoms. The third kappa shape index (κ3) is 3.50. The maximum absolute atomic E-state index is 12.5. The summed E-state index contributed by atoms with van der Waals surface area (Å²) < 4.78 is 10.7. The maximum Gasteiger partial charge on any atom is 0.412 e. The number of aliphatic hydroxyl groups excluding tert-OH is 1. The summed E-state index contributed by atoms with van der Waals surface area (Å²) in [5, 5.41) is 12.2. The van der Waals surface area contributed by atoms with Crippen LogP contribution in [0.15, 0.2) is 11.0 Å². The number of fused-ring (bicyclic) bond motifs is 1. The first kappa shape index (κ1) is 16.9. The van der Waals surface area contributed by atoms with Crippen molar-refractivity contribution >= 4 is 17.7 Å². The van der Waals surface area contributed by atoms with Crippen molar-refractivity contribution in [2.75, 3.05) is 12.4 Å². The number of amides is 1. The van der Waals surface area contributed by atoms with Crippen molar-refractivity contribution in [2.45, 2.75) is 44.9 Å². The normalized spacial score (nSPS) is 19.9. The minimum atomic E-state index is -1.05. The fourth-order valence-electron chi connectivity index (χ4n) is 2.29. The Morgan fingerprint density at radius 1 is 1.43 bits per heavy atom. The molecular formula is C14H19N3O6. The molecule has 0 aromatic carbocycles. The van der Waals surface area contributed by atoms with Gasteiger partial charge in [-0.2, -0.15) is 0 Å². The van der Waals surface area contributed by atoms with Crippen molar-refractivity contribution in [2.24, 2.45) is 0 Å². The highest BCUT2D eigenvalue weighted by Gasteiger charge is 2.37. The number of carbonyl (C=O) groups excluding carboxylic acids is 2. The molecule has 1 aliphatic rings. The van der Waals surface area contributed by atoms with E-state index in [0.717, 1.165) is 10.8 Å². The van der Waals surface area contributed by atoms with Crippen LogP contribution in [0.5, 0.6) is 0 Å². The van der Waals surface area contributed by atoms with E-state index in [0.29, 0.717) is 0 Å². The number of nitrogens with one attached hydrogen (secondary N) is 1. The van der Waals surface area contributed by atoms with E-state index in [-0.39, 0.29) is 17.9 Å². The first-order valence-electron chi connectivity index (χ1n) is 7.01. The maximum atomic E-state index is 12.5. The van der Waals surface area contributed by atoms with Crippen molar-refractivity contribution in [1.29, 1.82) is 0 Å². The largest absolute Gasteiger partial charge is 0.467 e. The van der Waals surface area contributed by atoms with E-state index < -0.39 is 35.4 Å². The van der Waals surface area contributed by atoms with Crippen LogP contribution >= 0.6 is 0 Å². The molecule has 1 aromatic heterocycles. The molecule has 1 amide bonds. The van der Waals surface area contributed by atoms with E-state index in [9.17, 15) is 19.5 Å². The van der Waals surface area contributed by atoms with Gasteiger partial charge in [-0.25, -0.2) is 14.6 Å². The summed E-state index contributed by atoms with van der Waals surface area (Å²) in [4.78, 5) is 40.0. The van der Waals surface area contributed by atoms with Crippen LogP contribution in [0.25, 0.3) is 0 Å². The van der Waals surface area contributed by atoms with Gasteiger partial charge in [0.05, 0.1) is 13.3 Å². The fraction of sp³-hybridized carbons (Fsp3) is 0.571. The molecule has 0 saturated carbocycles. The van der Waals surface area contributed by atoms with Crippen LogP contribution in [0.3, 0.4) is 0 Å². The van der Waals surface area contributed by atoms with Gasteiger partial charge in [-0.1, -0.05) is 0 Å². The zero-order chi connectivity index (χ0) is 17.4. The first-order valence-corrected chi connectivity index (χ1v) is 7.01. The number of methoxy groups -OCH3 is 1. The van der Waals surface area contributed by atoms with Crippen LogP contribution in [0.2, 0.25) is 0 Å². The summed E-state index contributed by atoms with van der Waals surface area (Å²) >= 11 is 0. The number of hydrogen-bond acceptors (Lipinski definition) is 7. The first-order chi connectivity index (χ1) is 10.6. The van der Waals surface area contributed by atoms with Crippen molar-refractivity contribution in [3.8, 4) is 0 Å². The summed E-state index contributed by atoms with van der Waals surface area (Å²) in [6.45, 7) is 5.05. The summed E-state index contributed by atoms with van der Waals surface area (Å²) in [5.41, 5.74) is -1.53. The second kappa shape index (κ2) is 5.99. The number of hydrogen-bond donors (Lipinski definition) is 2. The van der Waals surface area contributed by atoms with Gasteiger partial charge in [0.1, 0.15) is 29.3 Å². The number of rotatable bonds is 2. The molecule has 2 atom stereocenters. The highest BCUT2D eigenvalue weighted by molar-refractivity contribution is 5.84. The van der Waals surface area contributed by atoms with Crippen LogP contribution in [-0.4, -0.2) is 39.4 Å². The van der Waals surface area contributed by atoms with Crippen molar-refractivity contribution in [3.63, 3.8) is 0 Å². The molecular weight excluding hydrogens is 306 g/mol. The number of esters is 1. The van der Waals surface area contributed by atoms with E-state index in [1.165, 1.54) is 7.11 Å². The molecule has 1 aromatic rings. The second-order valence-electron chi connectivity index (χ2n) is 6.12. The minimum absolute atomic E-state index is 0.00912. The van der Waals surface area contributed by atoms with Crippen LogP contribution < -0.4 is 10.9 Å². The van der Waals surface area contributed by atoms with Gasteiger partial charge in [0.2, 0.25) is 0 Å². The number of aromatic nitrogens is 2. The molecule has 0 radical (unpaired) electrons. The second-order valence-corrected chi connectivity index (χ2v) is 6.12. The van der Waals surface area contributed by atoms with Gasteiger partial charge >= 0.3 is 12.1 Å². The molecule has 0 unspecified atom stereocenters. The van der Waals surface area contributed by atoms with E-state index in [1.54, 1.807) is 20.8 Å². The summed E-state index contributed by atoms with van der Waals surface area (Å²) in [7, 11) is 1.19. The number of anilines is 1. The van der Waals surface area contributed by atoms with Gasteiger partial charge in [-0.3, -0.25) is 14.7 Å². The highest BCUT2D eigenvalue weighted by atomic mass is 16.6. The summed E-state index contributed by atoms with van der Waals surface area (Å²) in [6, 6.07) is -0.981. The van der Waals surface area contributed by atoms with Gasteiger partial charge in [-0.05, 0) is 20.8 Å². The Kier molecular flexibility index (Phi) is 4.42. The predicted octanol–water partition coefficient (Wildman–Crippen LogP) is 0.741. The molecule has 23 heavy (non-hydrogen) atoms. The number of carbonyl (C=O) groups is 2. The van der Waals surface area contributed by atoms with E-state index in [4.69, 9.17) is 4.74 Å².